The van der Waals surface area contributed by atoms with Gasteiger partial charge in [0.05, 0.1) is 12.7 Å². The largest absolute Gasteiger partial charge is 0.491 e. The van der Waals surface area contributed by atoms with Gasteiger partial charge in [0, 0.05) is 18.5 Å². The predicted molar refractivity (Wildman–Crippen MR) is 65.0 cm³/mol. The molecule has 1 fully saturated rings. The Kier molecular flexibility index (Phi) is 4.79. The predicted octanol–water partition coefficient (Wildman–Crippen LogP) is 1.55. The lowest BCUT2D eigenvalue weighted by molar-refractivity contribution is -0.147. The minimum atomic E-state index is 0.145. The van der Waals surface area contributed by atoms with Gasteiger partial charge in [-0.15, -0.1) is 0 Å². The molecule has 1 atom stereocenters. The standard InChI is InChI=1S/C13H19NO3/c1-14-8-11-4-2-3-5-13(11)16-9-12-6-7-15-10-17-12/h2-5,12,14H,6-10H2,1H3. The van der Waals surface area contributed by atoms with E-state index < -0.39 is 0 Å². The van der Waals surface area contributed by atoms with E-state index in [9.17, 15) is 0 Å². The van der Waals surface area contributed by atoms with Gasteiger partial charge < -0.3 is 19.5 Å². The lowest BCUT2D eigenvalue weighted by atomic mass is 10.2. The second-order valence-electron chi connectivity index (χ2n) is 4.05. The highest BCUT2D eigenvalue weighted by Crippen LogP contribution is 2.18. The van der Waals surface area contributed by atoms with E-state index in [4.69, 9.17) is 14.2 Å². The van der Waals surface area contributed by atoms with Gasteiger partial charge in [-0.1, -0.05) is 18.2 Å². The Bertz CT molecular complexity index is 337. The first-order valence-corrected chi connectivity index (χ1v) is 5.95. The van der Waals surface area contributed by atoms with E-state index in [1.54, 1.807) is 0 Å². The fourth-order valence-electron chi connectivity index (χ4n) is 1.80. The van der Waals surface area contributed by atoms with Gasteiger partial charge in [0.2, 0.25) is 0 Å². The molecule has 4 nitrogen and oxygen atoms in total. The number of benzene rings is 1. The zero-order valence-corrected chi connectivity index (χ0v) is 10.1. The third-order valence-corrected chi connectivity index (χ3v) is 2.74. The first-order chi connectivity index (χ1) is 8.40. The van der Waals surface area contributed by atoms with Crippen molar-refractivity contribution >= 4 is 0 Å². The number of para-hydroxylation sites is 1. The molecule has 0 bridgehead atoms. The molecule has 1 aliphatic heterocycles. The first kappa shape index (κ1) is 12.4. The summed E-state index contributed by atoms with van der Waals surface area (Å²) in [4.78, 5) is 0. The molecule has 4 heteroatoms. The second-order valence-corrected chi connectivity index (χ2v) is 4.05. The molecule has 1 saturated heterocycles. The van der Waals surface area contributed by atoms with Gasteiger partial charge in [-0.25, -0.2) is 0 Å². The maximum absolute atomic E-state index is 5.81. The van der Waals surface area contributed by atoms with Crippen LogP contribution < -0.4 is 10.1 Å². The zero-order chi connectivity index (χ0) is 11.9. The van der Waals surface area contributed by atoms with Gasteiger partial charge in [0.15, 0.2) is 0 Å². The maximum atomic E-state index is 5.81. The molecule has 0 aliphatic carbocycles. The van der Waals surface area contributed by atoms with Crippen LogP contribution >= 0.6 is 0 Å². The van der Waals surface area contributed by atoms with Crippen molar-refractivity contribution in [3.8, 4) is 5.75 Å². The van der Waals surface area contributed by atoms with E-state index in [1.807, 2.05) is 25.2 Å². The molecule has 2 rings (SSSR count). The van der Waals surface area contributed by atoms with Crippen molar-refractivity contribution < 1.29 is 14.2 Å². The minimum absolute atomic E-state index is 0.145. The smallest absolute Gasteiger partial charge is 0.147 e. The highest BCUT2D eigenvalue weighted by Gasteiger charge is 2.15. The van der Waals surface area contributed by atoms with Crippen molar-refractivity contribution in [1.82, 2.24) is 5.32 Å². The molecule has 1 heterocycles. The number of hydrogen-bond acceptors (Lipinski definition) is 4. The van der Waals surface area contributed by atoms with Crippen LogP contribution in [0.25, 0.3) is 0 Å². The Morgan fingerprint density at radius 3 is 3.06 bits per heavy atom. The summed E-state index contributed by atoms with van der Waals surface area (Å²) >= 11 is 0. The van der Waals surface area contributed by atoms with Crippen LogP contribution in [0.2, 0.25) is 0 Å². The monoisotopic (exact) mass is 237 g/mol. The highest BCUT2D eigenvalue weighted by atomic mass is 16.7. The number of ether oxygens (including phenoxy) is 3. The van der Waals surface area contributed by atoms with Crippen LogP contribution in [0.1, 0.15) is 12.0 Å². The molecule has 17 heavy (non-hydrogen) atoms. The Labute approximate surface area is 102 Å². The lowest BCUT2D eigenvalue weighted by Gasteiger charge is -2.23. The average molecular weight is 237 g/mol. The third kappa shape index (κ3) is 3.70. The first-order valence-electron chi connectivity index (χ1n) is 5.95. The maximum Gasteiger partial charge on any atom is 0.147 e. The van der Waals surface area contributed by atoms with Crippen LogP contribution in [0, 0.1) is 0 Å². The van der Waals surface area contributed by atoms with Gasteiger partial charge in [-0.05, 0) is 13.1 Å². The summed E-state index contributed by atoms with van der Waals surface area (Å²) in [6, 6.07) is 8.06. The van der Waals surface area contributed by atoms with E-state index in [2.05, 4.69) is 11.4 Å². The summed E-state index contributed by atoms with van der Waals surface area (Å²) in [6.45, 7) is 2.53. The molecule has 1 aromatic carbocycles. The average Bonchev–Trinajstić information content (AvgIpc) is 2.39. The molecule has 0 radical (unpaired) electrons. The molecule has 1 aromatic rings. The van der Waals surface area contributed by atoms with Gasteiger partial charge in [0.1, 0.15) is 19.1 Å². The van der Waals surface area contributed by atoms with E-state index in [1.165, 1.54) is 5.56 Å². The van der Waals surface area contributed by atoms with Crippen molar-refractivity contribution in [2.75, 3.05) is 27.1 Å². The normalized spacial score (nSPS) is 20.2. The van der Waals surface area contributed by atoms with E-state index in [0.717, 1.165) is 25.3 Å². The molecule has 0 amide bonds. The molecule has 1 unspecified atom stereocenters. The van der Waals surface area contributed by atoms with Gasteiger partial charge in [0.25, 0.3) is 0 Å². The third-order valence-electron chi connectivity index (χ3n) is 2.74. The number of hydrogen-bond donors (Lipinski definition) is 1. The van der Waals surface area contributed by atoms with Gasteiger partial charge in [-0.3, -0.25) is 0 Å². The molecular formula is C13H19NO3. The van der Waals surface area contributed by atoms with Gasteiger partial charge in [-0.2, -0.15) is 0 Å². The fraction of sp³-hybridized carbons (Fsp3) is 0.538. The number of nitrogens with one attached hydrogen (secondary N) is 1. The van der Waals surface area contributed by atoms with Crippen LogP contribution in [-0.4, -0.2) is 33.2 Å². The molecular weight excluding hydrogens is 218 g/mol. The van der Waals surface area contributed by atoms with E-state index >= 15 is 0 Å². The minimum Gasteiger partial charge on any atom is -0.491 e. The summed E-state index contributed by atoms with van der Waals surface area (Å²) in [7, 11) is 1.93. The quantitative estimate of drug-likeness (QED) is 0.843. The van der Waals surface area contributed by atoms with Crippen LogP contribution in [0.3, 0.4) is 0 Å². The summed E-state index contributed by atoms with van der Waals surface area (Å²) in [5, 5.41) is 3.13. The summed E-state index contributed by atoms with van der Waals surface area (Å²) in [5.74, 6) is 0.928. The number of rotatable bonds is 5. The SMILES string of the molecule is CNCc1ccccc1OCC1CCOCO1. The second kappa shape index (κ2) is 6.59. The molecule has 0 aromatic heterocycles. The summed E-state index contributed by atoms with van der Waals surface area (Å²) in [6.07, 6.45) is 1.04. The Morgan fingerprint density at radius 2 is 2.29 bits per heavy atom. The molecule has 1 aliphatic rings. The van der Waals surface area contributed by atoms with Crippen LogP contribution in [0.5, 0.6) is 5.75 Å². The molecule has 94 valence electrons. The molecule has 0 saturated carbocycles. The fourth-order valence-corrected chi connectivity index (χ4v) is 1.80. The van der Waals surface area contributed by atoms with Crippen LogP contribution in [0.4, 0.5) is 0 Å². The Balaban J connectivity index is 1.88. The van der Waals surface area contributed by atoms with Crippen molar-refractivity contribution in [3.05, 3.63) is 29.8 Å². The highest BCUT2D eigenvalue weighted by molar-refractivity contribution is 5.33. The molecule has 1 N–H and O–H groups in total. The van der Waals surface area contributed by atoms with Crippen molar-refractivity contribution in [2.45, 2.75) is 19.1 Å². The topological polar surface area (TPSA) is 39.7 Å². The van der Waals surface area contributed by atoms with E-state index in [0.29, 0.717) is 13.4 Å². The van der Waals surface area contributed by atoms with Crippen LogP contribution in [0.15, 0.2) is 24.3 Å². The van der Waals surface area contributed by atoms with Crippen molar-refractivity contribution in [3.63, 3.8) is 0 Å². The Morgan fingerprint density at radius 1 is 1.41 bits per heavy atom. The summed E-state index contributed by atoms with van der Waals surface area (Å²) < 4.78 is 16.4. The lowest BCUT2D eigenvalue weighted by Crippen LogP contribution is -2.29. The van der Waals surface area contributed by atoms with Crippen molar-refractivity contribution in [1.29, 1.82) is 0 Å². The van der Waals surface area contributed by atoms with E-state index in [-0.39, 0.29) is 6.10 Å². The van der Waals surface area contributed by atoms with Gasteiger partial charge >= 0.3 is 0 Å². The zero-order valence-electron chi connectivity index (χ0n) is 10.1. The van der Waals surface area contributed by atoms with Crippen molar-refractivity contribution in [2.24, 2.45) is 0 Å². The summed E-state index contributed by atoms with van der Waals surface area (Å²) in [5.41, 5.74) is 1.17. The van der Waals surface area contributed by atoms with Crippen LogP contribution in [-0.2, 0) is 16.0 Å². The molecule has 0 spiro atoms. The Hall–Kier alpha value is -1.10.